The minimum Gasteiger partial charge on any atom is -0.412 e. The normalized spacial score (nSPS) is 16.0. The van der Waals surface area contributed by atoms with Crippen LogP contribution in [-0.2, 0) is 11.0 Å². The summed E-state index contributed by atoms with van der Waals surface area (Å²) in [5.41, 5.74) is 0.0371. The molecule has 1 aliphatic rings. The molecule has 3 nitrogen and oxygen atoms in total. The van der Waals surface area contributed by atoms with Crippen LogP contribution >= 0.6 is 21.6 Å². The standard InChI is InChI=1S/C17H25NO2S2Si/c1-17(2,3)23(4,5)20-13-15-10-9-14(21-22-15)12-18-11-7-6-8-16(18)19/h6-11H,12-13H2,1-5H3. The number of rotatable bonds is 5. The first-order valence-corrected chi connectivity index (χ1v) is 12.8. The Hall–Kier alpha value is -0.693. The van der Waals surface area contributed by atoms with Gasteiger partial charge in [-0.05, 0) is 36.4 Å². The van der Waals surface area contributed by atoms with Gasteiger partial charge in [-0.15, -0.1) is 0 Å². The summed E-state index contributed by atoms with van der Waals surface area (Å²) < 4.78 is 7.98. The zero-order valence-corrected chi connectivity index (χ0v) is 17.1. The Labute approximate surface area is 147 Å². The highest BCUT2D eigenvalue weighted by Crippen LogP contribution is 2.42. The fourth-order valence-corrected chi connectivity index (χ4v) is 4.82. The van der Waals surface area contributed by atoms with Crippen molar-refractivity contribution in [2.24, 2.45) is 0 Å². The first-order chi connectivity index (χ1) is 10.7. The predicted molar refractivity (Wildman–Crippen MR) is 105 cm³/mol. The summed E-state index contributed by atoms with van der Waals surface area (Å²) in [5.74, 6) is 0. The zero-order chi connectivity index (χ0) is 17.1. The molecule has 0 atom stereocenters. The Kier molecular flexibility index (Phi) is 6.05. The largest absolute Gasteiger partial charge is 0.412 e. The van der Waals surface area contributed by atoms with E-state index in [9.17, 15) is 4.79 Å². The highest BCUT2D eigenvalue weighted by atomic mass is 33.1. The smallest absolute Gasteiger partial charge is 0.250 e. The second-order valence-electron chi connectivity index (χ2n) is 7.15. The lowest BCUT2D eigenvalue weighted by Gasteiger charge is -2.36. The summed E-state index contributed by atoms with van der Waals surface area (Å²) in [7, 11) is 1.75. The maximum Gasteiger partial charge on any atom is 0.250 e. The van der Waals surface area contributed by atoms with Crippen LogP contribution < -0.4 is 5.56 Å². The van der Waals surface area contributed by atoms with Crippen molar-refractivity contribution in [2.75, 3.05) is 6.61 Å². The third kappa shape index (κ3) is 5.14. The molecule has 1 aliphatic heterocycles. The summed E-state index contributed by atoms with van der Waals surface area (Å²) in [5, 5.41) is 0.232. The van der Waals surface area contributed by atoms with Gasteiger partial charge in [-0.3, -0.25) is 4.79 Å². The van der Waals surface area contributed by atoms with Gasteiger partial charge < -0.3 is 8.99 Å². The minimum absolute atomic E-state index is 0.0371. The minimum atomic E-state index is -1.70. The van der Waals surface area contributed by atoms with E-state index >= 15 is 0 Å². The molecule has 0 N–H and O–H groups in total. The molecular formula is C17H25NO2S2Si. The van der Waals surface area contributed by atoms with E-state index in [4.69, 9.17) is 4.43 Å². The van der Waals surface area contributed by atoms with Crippen LogP contribution in [0.25, 0.3) is 0 Å². The summed E-state index contributed by atoms with van der Waals surface area (Å²) >= 11 is 0. The maximum absolute atomic E-state index is 11.8. The van der Waals surface area contributed by atoms with Crippen LogP contribution in [0.4, 0.5) is 0 Å². The zero-order valence-electron chi connectivity index (χ0n) is 14.5. The van der Waals surface area contributed by atoms with Crippen molar-refractivity contribution < 1.29 is 4.43 Å². The van der Waals surface area contributed by atoms with Crippen LogP contribution in [0, 0.1) is 0 Å². The number of hydrogen-bond acceptors (Lipinski definition) is 4. The predicted octanol–water partition coefficient (Wildman–Crippen LogP) is 5.03. The number of hydrogen-bond donors (Lipinski definition) is 0. The highest BCUT2D eigenvalue weighted by Gasteiger charge is 2.37. The molecule has 23 heavy (non-hydrogen) atoms. The molecule has 0 bridgehead atoms. The third-order valence-electron chi connectivity index (χ3n) is 4.32. The van der Waals surface area contributed by atoms with Crippen molar-refractivity contribution in [2.45, 2.75) is 45.4 Å². The molecule has 0 radical (unpaired) electrons. The second kappa shape index (κ2) is 7.47. The molecule has 2 rings (SSSR count). The van der Waals surface area contributed by atoms with Crippen molar-refractivity contribution in [1.82, 2.24) is 4.57 Å². The van der Waals surface area contributed by atoms with Gasteiger partial charge in [0.1, 0.15) is 0 Å². The van der Waals surface area contributed by atoms with E-state index in [1.807, 2.05) is 12.3 Å². The Morgan fingerprint density at radius 3 is 2.35 bits per heavy atom. The molecule has 0 saturated carbocycles. The second-order valence-corrected chi connectivity index (χ2v) is 14.3. The monoisotopic (exact) mass is 367 g/mol. The Morgan fingerprint density at radius 1 is 1.13 bits per heavy atom. The topological polar surface area (TPSA) is 31.2 Å². The summed E-state index contributed by atoms with van der Waals surface area (Å²) in [6.07, 6.45) is 6.05. The fraction of sp³-hybridized carbons (Fsp3) is 0.471. The van der Waals surface area contributed by atoms with Crippen molar-refractivity contribution in [1.29, 1.82) is 0 Å². The van der Waals surface area contributed by atoms with E-state index in [-0.39, 0.29) is 10.6 Å². The molecule has 0 amide bonds. The third-order valence-corrected chi connectivity index (χ3v) is 11.4. The van der Waals surface area contributed by atoms with Crippen molar-refractivity contribution in [3.05, 3.63) is 56.7 Å². The highest BCUT2D eigenvalue weighted by molar-refractivity contribution is 8.79. The van der Waals surface area contributed by atoms with E-state index in [0.717, 1.165) is 0 Å². The molecule has 0 aliphatic carbocycles. The SMILES string of the molecule is CC(C)(C)[Si](C)(C)OCC1=CC=C(Cn2ccccc2=O)SS1. The van der Waals surface area contributed by atoms with E-state index in [0.29, 0.717) is 13.2 Å². The van der Waals surface area contributed by atoms with Gasteiger partial charge in [0, 0.05) is 22.1 Å². The van der Waals surface area contributed by atoms with Crippen molar-refractivity contribution in [3.63, 3.8) is 0 Å². The first-order valence-electron chi connectivity index (χ1n) is 7.73. The quantitative estimate of drug-likeness (QED) is 0.539. The van der Waals surface area contributed by atoms with Crippen molar-refractivity contribution >= 4 is 29.9 Å². The van der Waals surface area contributed by atoms with E-state index in [2.05, 4.69) is 46.0 Å². The molecule has 0 fully saturated rings. The lowest BCUT2D eigenvalue weighted by atomic mass is 10.2. The van der Waals surface area contributed by atoms with E-state index < -0.39 is 8.32 Å². The molecule has 126 valence electrons. The first kappa shape index (κ1) is 18.6. The molecule has 0 saturated heterocycles. The van der Waals surface area contributed by atoms with Gasteiger partial charge in [-0.2, -0.15) is 0 Å². The molecular weight excluding hydrogens is 342 g/mol. The van der Waals surface area contributed by atoms with Crippen LogP contribution in [0.15, 0.2) is 51.2 Å². The lowest BCUT2D eigenvalue weighted by molar-refractivity contribution is 0.325. The average molecular weight is 368 g/mol. The number of aromatic nitrogens is 1. The van der Waals surface area contributed by atoms with Crippen LogP contribution in [0.3, 0.4) is 0 Å². The van der Waals surface area contributed by atoms with Crippen LogP contribution in [-0.4, -0.2) is 19.5 Å². The molecule has 0 spiro atoms. The molecule has 0 aromatic carbocycles. The van der Waals surface area contributed by atoms with Crippen LogP contribution in [0.2, 0.25) is 18.1 Å². The number of allylic oxidation sites excluding steroid dienone is 3. The van der Waals surface area contributed by atoms with Gasteiger partial charge >= 0.3 is 0 Å². The van der Waals surface area contributed by atoms with Gasteiger partial charge in [0.05, 0.1) is 13.2 Å². The summed E-state index contributed by atoms with van der Waals surface area (Å²) in [6.45, 7) is 12.6. The molecule has 1 aromatic heterocycles. The lowest BCUT2D eigenvalue weighted by Crippen LogP contribution is -2.41. The van der Waals surface area contributed by atoms with Gasteiger partial charge in [-0.25, -0.2) is 0 Å². The van der Waals surface area contributed by atoms with Gasteiger partial charge in [0.2, 0.25) is 0 Å². The number of pyridine rings is 1. The maximum atomic E-state index is 11.8. The molecule has 1 aromatic rings. The van der Waals surface area contributed by atoms with Crippen LogP contribution in [0.1, 0.15) is 20.8 Å². The molecule has 2 heterocycles. The number of nitrogens with zero attached hydrogens (tertiary/aromatic N) is 1. The molecule has 0 unspecified atom stereocenters. The van der Waals surface area contributed by atoms with E-state index in [1.165, 1.54) is 9.81 Å². The van der Waals surface area contributed by atoms with Gasteiger partial charge in [0.25, 0.3) is 5.56 Å². The fourth-order valence-electron chi connectivity index (χ4n) is 1.73. The Balaban J connectivity index is 1.96. The van der Waals surface area contributed by atoms with E-state index in [1.54, 1.807) is 38.3 Å². The Bertz CT molecular complexity index is 672. The molecule has 6 heteroatoms. The summed E-state index contributed by atoms with van der Waals surface area (Å²) in [6, 6.07) is 5.25. The summed E-state index contributed by atoms with van der Waals surface area (Å²) in [4.78, 5) is 14.2. The van der Waals surface area contributed by atoms with Gasteiger partial charge in [0.15, 0.2) is 8.32 Å². The van der Waals surface area contributed by atoms with Crippen molar-refractivity contribution in [3.8, 4) is 0 Å². The van der Waals surface area contributed by atoms with Crippen LogP contribution in [0.5, 0.6) is 0 Å². The van der Waals surface area contributed by atoms with Gasteiger partial charge in [-0.1, -0.05) is 48.4 Å². The Morgan fingerprint density at radius 2 is 1.78 bits per heavy atom. The average Bonchev–Trinajstić information content (AvgIpc) is 2.48.